The summed E-state index contributed by atoms with van der Waals surface area (Å²) in [5, 5.41) is 6.89. The number of carbonyl (C=O) groups excluding carboxylic acids is 1. The number of urea groups is 1. The van der Waals surface area contributed by atoms with Crippen molar-refractivity contribution in [2.45, 2.75) is 38.8 Å². The third-order valence-electron chi connectivity index (χ3n) is 7.36. The predicted molar refractivity (Wildman–Crippen MR) is 141 cm³/mol. The van der Waals surface area contributed by atoms with Crippen LogP contribution in [0.15, 0.2) is 46.9 Å². The Morgan fingerprint density at radius 2 is 1.69 bits per heavy atom. The van der Waals surface area contributed by atoms with E-state index in [0.29, 0.717) is 24.3 Å². The summed E-state index contributed by atoms with van der Waals surface area (Å²) >= 11 is 0. The molecule has 0 spiro atoms. The molecule has 3 heterocycles. The predicted octanol–water partition coefficient (Wildman–Crippen LogP) is 5.17. The number of alkyl halides is 2. The van der Waals surface area contributed by atoms with Gasteiger partial charge < -0.3 is 14.2 Å². The highest BCUT2D eigenvalue weighted by Crippen LogP contribution is 2.27. The summed E-state index contributed by atoms with van der Waals surface area (Å²) in [7, 11) is 2.13. The van der Waals surface area contributed by atoms with E-state index in [2.05, 4.69) is 27.0 Å². The summed E-state index contributed by atoms with van der Waals surface area (Å²) in [6, 6.07) is 12.0. The van der Waals surface area contributed by atoms with E-state index in [1.165, 1.54) is 18.2 Å². The fourth-order valence-electron chi connectivity index (χ4n) is 4.99. The molecule has 0 bridgehead atoms. The Morgan fingerprint density at radius 3 is 2.33 bits per heavy atom. The monoisotopic (exact) mass is 542 g/mol. The van der Waals surface area contributed by atoms with Crippen molar-refractivity contribution < 1.29 is 22.4 Å². The fourth-order valence-corrected chi connectivity index (χ4v) is 4.99. The van der Waals surface area contributed by atoms with Crippen molar-refractivity contribution in [1.82, 2.24) is 24.9 Å². The molecule has 11 heteroatoms. The molecule has 2 saturated heterocycles. The Kier molecular flexibility index (Phi) is 8.47. The van der Waals surface area contributed by atoms with Crippen molar-refractivity contribution >= 4 is 11.7 Å². The van der Waals surface area contributed by atoms with Crippen LogP contribution in [0.1, 0.15) is 42.7 Å². The number of likely N-dealkylation sites (N-methyl/N-ethyl adjacent to an activating group) is 1. The Labute approximate surface area is 226 Å². The first-order valence-corrected chi connectivity index (χ1v) is 13.3. The third-order valence-corrected chi connectivity index (χ3v) is 7.36. The molecule has 8 nitrogen and oxygen atoms in total. The minimum Gasteiger partial charge on any atom is -0.415 e. The lowest BCUT2D eigenvalue weighted by molar-refractivity contribution is 0.116. The molecule has 0 saturated carbocycles. The van der Waals surface area contributed by atoms with Crippen molar-refractivity contribution in [3.63, 3.8) is 0 Å². The molecule has 5 rings (SSSR count). The van der Waals surface area contributed by atoms with Crippen LogP contribution >= 0.6 is 0 Å². The van der Waals surface area contributed by atoms with Crippen molar-refractivity contribution in [2.24, 2.45) is 0 Å². The van der Waals surface area contributed by atoms with E-state index in [1.807, 2.05) is 29.2 Å². The van der Waals surface area contributed by atoms with E-state index in [1.54, 1.807) is 4.90 Å². The second-order valence-corrected chi connectivity index (χ2v) is 10.2. The van der Waals surface area contributed by atoms with E-state index in [-0.39, 0.29) is 24.0 Å². The molecule has 2 aliphatic heterocycles. The van der Waals surface area contributed by atoms with Crippen LogP contribution in [0, 0.1) is 5.82 Å². The number of amides is 2. The van der Waals surface area contributed by atoms with Crippen LogP contribution in [-0.2, 0) is 13.1 Å². The van der Waals surface area contributed by atoms with Gasteiger partial charge in [0.1, 0.15) is 5.82 Å². The van der Waals surface area contributed by atoms with Crippen molar-refractivity contribution in [2.75, 3.05) is 51.2 Å². The Bertz CT molecular complexity index is 1250. The molecule has 0 unspecified atom stereocenters. The number of halogens is 3. The van der Waals surface area contributed by atoms with Gasteiger partial charge in [-0.3, -0.25) is 9.80 Å². The quantitative estimate of drug-likeness (QED) is 0.410. The first-order chi connectivity index (χ1) is 18.9. The van der Waals surface area contributed by atoms with E-state index < -0.39 is 18.1 Å². The fraction of sp³-hybridized carbons (Fsp3) is 0.464. The van der Waals surface area contributed by atoms with Crippen LogP contribution in [0.2, 0.25) is 0 Å². The van der Waals surface area contributed by atoms with Crippen molar-refractivity contribution in [3.05, 3.63) is 65.3 Å². The Hall–Kier alpha value is -3.44. The summed E-state index contributed by atoms with van der Waals surface area (Å²) < 4.78 is 45.8. The van der Waals surface area contributed by atoms with Gasteiger partial charge in [-0.2, -0.15) is 8.78 Å². The van der Waals surface area contributed by atoms with Gasteiger partial charge in [0.15, 0.2) is 0 Å². The topological polar surface area (TPSA) is 69.0 Å². The molecule has 0 radical (unpaired) electrons. The molecule has 2 fully saturated rings. The van der Waals surface area contributed by atoms with Gasteiger partial charge in [-0.1, -0.05) is 18.2 Å². The minimum atomic E-state index is -2.90. The van der Waals surface area contributed by atoms with Crippen LogP contribution in [0.4, 0.5) is 23.7 Å². The van der Waals surface area contributed by atoms with Crippen LogP contribution in [0.3, 0.4) is 0 Å². The van der Waals surface area contributed by atoms with Gasteiger partial charge in [0.25, 0.3) is 5.89 Å². The lowest BCUT2D eigenvalue weighted by atomic mass is 10.1. The molecule has 0 aliphatic carbocycles. The normalized spacial score (nSPS) is 17.1. The van der Waals surface area contributed by atoms with E-state index in [0.717, 1.165) is 57.5 Å². The molecule has 3 aromatic rings. The van der Waals surface area contributed by atoms with Gasteiger partial charge in [-0.05, 0) is 56.1 Å². The number of carbonyl (C=O) groups is 1. The second kappa shape index (κ2) is 12.2. The number of hydrogen-bond acceptors (Lipinski definition) is 6. The lowest BCUT2D eigenvalue weighted by Crippen LogP contribution is -2.45. The third kappa shape index (κ3) is 6.59. The Balaban J connectivity index is 1.35. The molecule has 0 N–H and O–H groups in total. The van der Waals surface area contributed by atoms with Crippen LogP contribution in [-0.4, -0.2) is 77.2 Å². The summed E-state index contributed by atoms with van der Waals surface area (Å²) in [4.78, 5) is 21.8. The average Bonchev–Trinajstić information content (AvgIpc) is 3.45. The molecule has 2 aliphatic rings. The first kappa shape index (κ1) is 27.1. The largest absolute Gasteiger partial charge is 0.415 e. The van der Waals surface area contributed by atoms with Gasteiger partial charge in [0, 0.05) is 62.6 Å². The summed E-state index contributed by atoms with van der Waals surface area (Å²) in [6.45, 7) is 6.31. The smallest absolute Gasteiger partial charge is 0.324 e. The highest BCUT2D eigenvalue weighted by Gasteiger charge is 2.26. The highest BCUT2D eigenvalue weighted by molar-refractivity contribution is 5.92. The molecule has 0 atom stereocenters. The number of hydrogen-bond donors (Lipinski definition) is 0. The van der Waals surface area contributed by atoms with Crippen LogP contribution < -0.4 is 4.90 Å². The van der Waals surface area contributed by atoms with Gasteiger partial charge in [0.2, 0.25) is 5.89 Å². The zero-order valence-electron chi connectivity index (χ0n) is 22.0. The molecule has 2 amide bonds. The standard InChI is InChI=1S/C28H33F3N6O2/c1-34-13-15-35(16-14-34)18-20-5-9-23(10-6-20)37(28(38)36-11-3-2-4-12-36)19-22-8-7-21(17-24(22)29)26-32-33-27(39-26)25(30)31/h5-10,17,25H,2-4,11-16,18-19H2,1H3. The van der Waals surface area contributed by atoms with Gasteiger partial charge in [-0.15, -0.1) is 10.2 Å². The molecule has 1 aromatic heterocycles. The number of anilines is 1. The van der Waals surface area contributed by atoms with Crippen molar-refractivity contribution in [1.29, 1.82) is 0 Å². The van der Waals surface area contributed by atoms with Gasteiger partial charge >= 0.3 is 12.5 Å². The minimum absolute atomic E-state index is 0.0192. The average molecular weight is 543 g/mol. The van der Waals surface area contributed by atoms with Gasteiger partial charge in [-0.25, -0.2) is 9.18 Å². The molecular formula is C28H33F3N6O2. The summed E-state index contributed by atoms with van der Waals surface area (Å²) in [6.07, 6.45) is 0.0659. The number of piperidine rings is 1. The number of nitrogens with zero attached hydrogens (tertiary/aromatic N) is 6. The molecular weight excluding hydrogens is 509 g/mol. The number of rotatable bonds is 7. The molecule has 208 valence electrons. The number of aromatic nitrogens is 2. The second-order valence-electron chi connectivity index (χ2n) is 10.2. The van der Waals surface area contributed by atoms with Gasteiger partial charge in [0.05, 0.1) is 6.54 Å². The first-order valence-electron chi connectivity index (χ1n) is 13.3. The van der Waals surface area contributed by atoms with E-state index in [9.17, 15) is 13.6 Å². The Morgan fingerprint density at radius 1 is 0.974 bits per heavy atom. The number of benzene rings is 2. The van der Waals surface area contributed by atoms with Crippen molar-refractivity contribution in [3.8, 4) is 11.5 Å². The zero-order chi connectivity index (χ0) is 27.4. The lowest BCUT2D eigenvalue weighted by Gasteiger charge is -2.34. The maximum Gasteiger partial charge on any atom is 0.324 e. The maximum atomic E-state index is 15.2. The summed E-state index contributed by atoms with van der Waals surface area (Å²) in [5.74, 6) is -1.59. The van der Waals surface area contributed by atoms with Crippen LogP contribution in [0.25, 0.3) is 11.5 Å². The molecule has 39 heavy (non-hydrogen) atoms. The number of likely N-dealkylation sites (tertiary alicyclic amines) is 1. The highest BCUT2D eigenvalue weighted by atomic mass is 19.3. The maximum absolute atomic E-state index is 15.2. The molecule has 2 aromatic carbocycles. The summed E-state index contributed by atoms with van der Waals surface area (Å²) in [5.41, 5.74) is 2.33. The van der Waals surface area contributed by atoms with Crippen LogP contribution in [0.5, 0.6) is 0 Å². The SMILES string of the molecule is CN1CCN(Cc2ccc(N(Cc3ccc(-c4nnc(C(F)F)o4)cc3F)C(=O)N3CCCCC3)cc2)CC1. The zero-order valence-corrected chi connectivity index (χ0v) is 22.0. The van der Waals surface area contributed by atoms with E-state index in [4.69, 9.17) is 4.42 Å². The van der Waals surface area contributed by atoms with E-state index >= 15 is 4.39 Å². The number of piperazine rings is 1.